The van der Waals surface area contributed by atoms with Crippen LogP contribution in [0.15, 0.2) is 0 Å². The van der Waals surface area contributed by atoms with E-state index in [0.717, 1.165) is 44.9 Å². The third-order valence-electron chi connectivity index (χ3n) is 3.97. The average molecular weight is 224 g/mol. The fourth-order valence-corrected chi connectivity index (χ4v) is 2.80. The smallest absolute Gasteiger partial charge is 0.226 e. The predicted molar refractivity (Wildman–Crippen MR) is 65.2 cm³/mol. The Hall–Kier alpha value is -0.570. The monoisotopic (exact) mass is 224 g/mol. The molecular formula is C13H24N2O. The maximum atomic E-state index is 12.3. The Kier molecular flexibility index (Phi) is 4.22. The zero-order chi connectivity index (χ0) is 11.4. The third kappa shape index (κ3) is 2.97. The molecule has 16 heavy (non-hydrogen) atoms. The second-order valence-corrected chi connectivity index (χ2v) is 5.40. The van der Waals surface area contributed by atoms with Gasteiger partial charge in [0.1, 0.15) is 0 Å². The van der Waals surface area contributed by atoms with Gasteiger partial charge in [-0.25, -0.2) is 0 Å². The highest BCUT2D eigenvalue weighted by molar-refractivity contribution is 5.79. The quantitative estimate of drug-likeness (QED) is 0.734. The van der Waals surface area contributed by atoms with Gasteiger partial charge in [-0.3, -0.25) is 4.79 Å². The van der Waals surface area contributed by atoms with Crippen molar-refractivity contribution in [3.05, 3.63) is 0 Å². The van der Waals surface area contributed by atoms with Crippen molar-refractivity contribution >= 4 is 5.91 Å². The van der Waals surface area contributed by atoms with Gasteiger partial charge in [0.15, 0.2) is 0 Å². The van der Waals surface area contributed by atoms with Gasteiger partial charge in [0.25, 0.3) is 0 Å². The minimum Gasteiger partial charge on any atom is -0.342 e. The second-order valence-electron chi connectivity index (χ2n) is 5.40. The molecule has 3 nitrogen and oxygen atoms in total. The highest BCUT2D eigenvalue weighted by Crippen LogP contribution is 2.20. The lowest BCUT2D eigenvalue weighted by molar-refractivity contribution is -0.136. The van der Waals surface area contributed by atoms with Crippen molar-refractivity contribution < 1.29 is 4.79 Å². The van der Waals surface area contributed by atoms with Crippen molar-refractivity contribution in [3.63, 3.8) is 0 Å². The topological polar surface area (TPSA) is 32.3 Å². The molecule has 0 aromatic carbocycles. The first-order chi connectivity index (χ1) is 7.77. The van der Waals surface area contributed by atoms with E-state index in [1.807, 2.05) is 0 Å². The van der Waals surface area contributed by atoms with Gasteiger partial charge in [-0.15, -0.1) is 0 Å². The number of nitrogens with one attached hydrogen (secondary N) is 1. The van der Waals surface area contributed by atoms with E-state index in [-0.39, 0.29) is 5.92 Å². The van der Waals surface area contributed by atoms with Crippen LogP contribution in [0.1, 0.15) is 39.0 Å². The molecule has 2 heterocycles. The normalized spacial score (nSPS) is 32.2. The van der Waals surface area contributed by atoms with Crippen molar-refractivity contribution in [2.75, 3.05) is 26.2 Å². The number of carbonyl (C=O) groups excluding carboxylic acids is 1. The summed E-state index contributed by atoms with van der Waals surface area (Å²) in [5.74, 6) is 1.45. The zero-order valence-corrected chi connectivity index (χ0v) is 10.4. The van der Waals surface area contributed by atoms with E-state index in [1.54, 1.807) is 0 Å². The van der Waals surface area contributed by atoms with Gasteiger partial charge in [0, 0.05) is 19.6 Å². The first kappa shape index (κ1) is 11.9. The Morgan fingerprint density at radius 3 is 2.81 bits per heavy atom. The molecule has 0 radical (unpaired) electrons. The molecule has 2 rings (SSSR count). The minimum absolute atomic E-state index is 0.252. The molecule has 2 fully saturated rings. The summed E-state index contributed by atoms with van der Waals surface area (Å²) >= 11 is 0. The molecule has 1 N–H and O–H groups in total. The van der Waals surface area contributed by atoms with Crippen LogP contribution < -0.4 is 5.32 Å². The lowest BCUT2D eigenvalue weighted by Gasteiger charge is -2.28. The van der Waals surface area contributed by atoms with Gasteiger partial charge in [0.05, 0.1) is 5.92 Å². The van der Waals surface area contributed by atoms with Crippen LogP contribution in [0.4, 0.5) is 0 Å². The Labute approximate surface area is 98.6 Å². The van der Waals surface area contributed by atoms with Crippen LogP contribution in [-0.4, -0.2) is 37.0 Å². The summed E-state index contributed by atoms with van der Waals surface area (Å²) in [7, 11) is 0. The van der Waals surface area contributed by atoms with Crippen molar-refractivity contribution in [3.8, 4) is 0 Å². The Morgan fingerprint density at radius 2 is 2.06 bits per heavy atom. The van der Waals surface area contributed by atoms with E-state index in [9.17, 15) is 4.79 Å². The van der Waals surface area contributed by atoms with Crippen LogP contribution in [0.3, 0.4) is 0 Å². The van der Waals surface area contributed by atoms with Crippen LogP contribution >= 0.6 is 0 Å². The summed E-state index contributed by atoms with van der Waals surface area (Å²) in [5, 5.41) is 3.33. The average Bonchev–Trinajstić information content (AvgIpc) is 2.54. The summed E-state index contributed by atoms with van der Waals surface area (Å²) in [6, 6.07) is 0. The van der Waals surface area contributed by atoms with E-state index in [4.69, 9.17) is 0 Å². The fraction of sp³-hybridized carbons (Fsp3) is 0.923. The van der Waals surface area contributed by atoms with Crippen molar-refractivity contribution in [2.45, 2.75) is 39.0 Å². The standard InChI is InChI=1S/C13H24N2O/c1-11-4-3-8-15(9-6-11)13(16)12-5-2-7-14-10-12/h11-12,14H,2-10H2,1H3/t11?,12-/m0/s1. The molecule has 92 valence electrons. The molecule has 0 saturated carbocycles. The minimum atomic E-state index is 0.252. The van der Waals surface area contributed by atoms with Crippen LogP contribution in [0.5, 0.6) is 0 Å². The molecule has 2 aliphatic heterocycles. The largest absolute Gasteiger partial charge is 0.342 e. The first-order valence-electron chi connectivity index (χ1n) is 6.77. The van der Waals surface area contributed by atoms with Gasteiger partial charge < -0.3 is 10.2 Å². The molecule has 0 aliphatic carbocycles. The van der Waals surface area contributed by atoms with Gasteiger partial charge in [-0.2, -0.15) is 0 Å². The molecule has 1 unspecified atom stereocenters. The fourth-order valence-electron chi connectivity index (χ4n) is 2.80. The van der Waals surface area contributed by atoms with Gasteiger partial charge in [-0.1, -0.05) is 6.92 Å². The molecule has 2 saturated heterocycles. The van der Waals surface area contributed by atoms with Crippen LogP contribution in [0, 0.1) is 11.8 Å². The highest BCUT2D eigenvalue weighted by Gasteiger charge is 2.26. The predicted octanol–water partition coefficient (Wildman–Crippen LogP) is 1.63. The summed E-state index contributed by atoms with van der Waals surface area (Å²) in [6.45, 7) is 6.25. The van der Waals surface area contributed by atoms with E-state index in [0.29, 0.717) is 5.91 Å². The summed E-state index contributed by atoms with van der Waals surface area (Å²) in [5.41, 5.74) is 0. The maximum absolute atomic E-state index is 12.3. The third-order valence-corrected chi connectivity index (χ3v) is 3.97. The summed E-state index contributed by atoms with van der Waals surface area (Å²) < 4.78 is 0. The Bertz CT molecular complexity index is 236. The molecule has 0 spiro atoms. The molecular weight excluding hydrogens is 200 g/mol. The van der Waals surface area contributed by atoms with Crippen LogP contribution in [-0.2, 0) is 4.79 Å². The number of carbonyl (C=O) groups is 1. The molecule has 0 bridgehead atoms. The van der Waals surface area contributed by atoms with E-state index >= 15 is 0 Å². The highest BCUT2D eigenvalue weighted by atomic mass is 16.2. The van der Waals surface area contributed by atoms with Gasteiger partial charge in [0.2, 0.25) is 5.91 Å². The van der Waals surface area contributed by atoms with Crippen molar-refractivity contribution in [2.24, 2.45) is 11.8 Å². The molecule has 0 aromatic heterocycles. The number of nitrogens with zero attached hydrogens (tertiary/aromatic N) is 1. The summed E-state index contributed by atoms with van der Waals surface area (Å²) in [6.07, 6.45) is 5.89. The number of piperidine rings is 1. The van der Waals surface area contributed by atoms with Crippen molar-refractivity contribution in [1.82, 2.24) is 10.2 Å². The lowest BCUT2D eigenvalue weighted by atomic mass is 9.98. The van der Waals surface area contributed by atoms with Gasteiger partial charge >= 0.3 is 0 Å². The number of likely N-dealkylation sites (tertiary alicyclic amines) is 1. The number of hydrogen-bond donors (Lipinski definition) is 1. The molecule has 2 aliphatic rings. The number of hydrogen-bond acceptors (Lipinski definition) is 2. The van der Waals surface area contributed by atoms with E-state index in [1.165, 1.54) is 19.3 Å². The van der Waals surface area contributed by atoms with E-state index in [2.05, 4.69) is 17.1 Å². The molecule has 2 atom stereocenters. The second kappa shape index (κ2) is 5.67. The van der Waals surface area contributed by atoms with Crippen molar-refractivity contribution in [1.29, 1.82) is 0 Å². The zero-order valence-electron chi connectivity index (χ0n) is 10.4. The number of rotatable bonds is 1. The number of amides is 1. The molecule has 1 amide bonds. The molecule has 3 heteroatoms. The Morgan fingerprint density at radius 1 is 1.19 bits per heavy atom. The lowest BCUT2D eigenvalue weighted by Crippen LogP contribution is -2.43. The van der Waals surface area contributed by atoms with Crippen LogP contribution in [0.25, 0.3) is 0 Å². The van der Waals surface area contributed by atoms with Gasteiger partial charge in [-0.05, 0) is 44.6 Å². The maximum Gasteiger partial charge on any atom is 0.226 e. The summed E-state index contributed by atoms with van der Waals surface area (Å²) in [4.78, 5) is 14.4. The molecule has 0 aromatic rings. The Balaban J connectivity index is 1.87. The SMILES string of the molecule is CC1CCCN(C(=O)[C@H]2CCCNC2)CC1. The van der Waals surface area contributed by atoms with E-state index < -0.39 is 0 Å². The van der Waals surface area contributed by atoms with Crippen LogP contribution in [0.2, 0.25) is 0 Å². The first-order valence-corrected chi connectivity index (χ1v) is 6.77.